The minimum Gasteiger partial charge on any atom is -0.382 e. The molecule has 0 radical (unpaired) electrons. The average molecular weight is 248 g/mol. The SMILES string of the molecule is CC(C(=O)N=C(N)N)n1cnc2c(N)ncnc21. The van der Waals surface area contributed by atoms with Gasteiger partial charge in [-0.15, -0.1) is 0 Å². The number of nitrogens with two attached hydrogens (primary N) is 3. The summed E-state index contributed by atoms with van der Waals surface area (Å²) < 4.78 is 1.53. The first kappa shape index (κ1) is 11.8. The van der Waals surface area contributed by atoms with Crippen molar-refractivity contribution in [3.05, 3.63) is 12.7 Å². The van der Waals surface area contributed by atoms with E-state index < -0.39 is 11.9 Å². The van der Waals surface area contributed by atoms with Gasteiger partial charge in [0.05, 0.1) is 6.33 Å². The van der Waals surface area contributed by atoms with Gasteiger partial charge in [-0.3, -0.25) is 4.79 Å². The number of nitrogens with zero attached hydrogens (tertiary/aromatic N) is 5. The van der Waals surface area contributed by atoms with Gasteiger partial charge in [0.2, 0.25) is 0 Å². The quantitative estimate of drug-likeness (QED) is 0.444. The van der Waals surface area contributed by atoms with E-state index in [0.717, 1.165) is 0 Å². The number of aliphatic imine (C=N–C) groups is 1. The molecule has 0 aliphatic rings. The van der Waals surface area contributed by atoms with Crippen molar-refractivity contribution in [1.29, 1.82) is 0 Å². The molecule has 6 N–H and O–H groups in total. The molecule has 0 fully saturated rings. The fourth-order valence-electron chi connectivity index (χ4n) is 1.49. The van der Waals surface area contributed by atoms with Crippen molar-refractivity contribution in [2.45, 2.75) is 13.0 Å². The van der Waals surface area contributed by atoms with Crippen LogP contribution < -0.4 is 17.2 Å². The van der Waals surface area contributed by atoms with Crippen LogP contribution in [0.15, 0.2) is 17.6 Å². The Bertz CT molecular complexity index is 627. The molecule has 1 atom stereocenters. The number of hydrogen-bond donors (Lipinski definition) is 3. The Labute approximate surface area is 102 Å². The standard InChI is InChI=1S/C9H12N8O/c1-4(8(18)16-9(11)12)17-3-15-5-6(10)13-2-14-7(5)17/h2-4H,1H3,(H2,10,13,14)(H4,11,12,16,18). The van der Waals surface area contributed by atoms with Crippen LogP contribution in [0, 0.1) is 0 Å². The van der Waals surface area contributed by atoms with Crippen molar-refractivity contribution in [1.82, 2.24) is 19.5 Å². The fourth-order valence-corrected chi connectivity index (χ4v) is 1.49. The third-order valence-corrected chi connectivity index (χ3v) is 2.40. The molecule has 0 aliphatic heterocycles. The molecule has 1 amide bonds. The van der Waals surface area contributed by atoms with E-state index in [1.54, 1.807) is 6.92 Å². The topological polar surface area (TPSA) is 151 Å². The Hall–Kier alpha value is -2.71. The van der Waals surface area contributed by atoms with Crippen LogP contribution in [0.2, 0.25) is 0 Å². The molecular formula is C9H12N8O. The highest BCUT2D eigenvalue weighted by Gasteiger charge is 2.18. The normalized spacial score (nSPS) is 12.3. The van der Waals surface area contributed by atoms with Crippen LogP contribution in [-0.2, 0) is 4.79 Å². The molecule has 2 aromatic rings. The molecule has 2 rings (SSSR count). The molecule has 18 heavy (non-hydrogen) atoms. The summed E-state index contributed by atoms with van der Waals surface area (Å²) in [6, 6.07) is -0.633. The molecule has 0 bridgehead atoms. The Morgan fingerprint density at radius 3 is 2.78 bits per heavy atom. The van der Waals surface area contributed by atoms with E-state index >= 15 is 0 Å². The lowest BCUT2D eigenvalue weighted by Crippen LogP contribution is -2.26. The molecule has 0 aliphatic carbocycles. The first-order valence-corrected chi connectivity index (χ1v) is 5.07. The maximum atomic E-state index is 11.7. The highest BCUT2D eigenvalue weighted by Crippen LogP contribution is 2.19. The predicted molar refractivity (Wildman–Crippen MR) is 65.3 cm³/mol. The van der Waals surface area contributed by atoms with Crippen molar-refractivity contribution in [3.8, 4) is 0 Å². The molecule has 0 saturated heterocycles. The number of guanidine groups is 1. The van der Waals surface area contributed by atoms with Crippen molar-refractivity contribution in [2.24, 2.45) is 16.5 Å². The van der Waals surface area contributed by atoms with Gasteiger partial charge in [-0.25, -0.2) is 15.0 Å². The van der Waals surface area contributed by atoms with Gasteiger partial charge in [0, 0.05) is 0 Å². The zero-order valence-corrected chi connectivity index (χ0v) is 9.61. The molecule has 9 nitrogen and oxygen atoms in total. The van der Waals surface area contributed by atoms with Crippen LogP contribution in [0.4, 0.5) is 5.82 Å². The smallest absolute Gasteiger partial charge is 0.271 e. The third kappa shape index (κ3) is 1.93. The largest absolute Gasteiger partial charge is 0.382 e. The fraction of sp³-hybridized carbons (Fsp3) is 0.222. The van der Waals surface area contributed by atoms with E-state index in [1.165, 1.54) is 17.2 Å². The van der Waals surface area contributed by atoms with Gasteiger partial charge >= 0.3 is 0 Å². The number of imidazole rings is 1. The summed E-state index contributed by atoms with van der Waals surface area (Å²) in [6.45, 7) is 1.63. The first-order chi connectivity index (χ1) is 8.50. The van der Waals surface area contributed by atoms with Gasteiger partial charge < -0.3 is 21.8 Å². The predicted octanol–water partition coefficient (Wildman–Crippen LogP) is -1.23. The monoisotopic (exact) mass is 248 g/mol. The third-order valence-electron chi connectivity index (χ3n) is 2.40. The van der Waals surface area contributed by atoms with Crippen LogP contribution in [0.3, 0.4) is 0 Å². The van der Waals surface area contributed by atoms with Crippen LogP contribution >= 0.6 is 0 Å². The highest BCUT2D eigenvalue weighted by molar-refractivity contribution is 5.94. The lowest BCUT2D eigenvalue weighted by Gasteiger charge is -2.09. The van der Waals surface area contributed by atoms with Gasteiger partial charge in [-0.2, -0.15) is 4.99 Å². The summed E-state index contributed by atoms with van der Waals surface area (Å²) in [5.74, 6) is -0.530. The zero-order valence-electron chi connectivity index (χ0n) is 9.61. The number of fused-ring (bicyclic) bond motifs is 1. The summed E-state index contributed by atoms with van der Waals surface area (Å²) in [6.07, 6.45) is 2.74. The minimum absolute atomic E-state index is 0.250. The molecule has 0 saturated carbocycles. The number of carbonyl (C=O) groups is 1. The lowest BCUT2D eigenvalue weighted by molar-refractivity contribution is -0.120. The van der Waals surface area contributed by atoms with Crippen molar-refractivity contribution in [2.75, 3.05) is 5.73 Å². The minimum atomic E-state index is -0.633. The number of nitrogen functional groups attached to an aromatic ring is 1. The number of aromatic nitrogens is 4. The number of anilines is 1. The van der Waals surface area contributed by atoms with E-state index in [0.29, 0.717) is 11.2 Å². The first-order valence-electron chi connectivity index (χ1n) is 5.07. The molecule has 0 aromatic carbocycles. The van der Waals surface area contributed by atoms with E-state index in [-0.39, 0.29) is 11.8 Å². The van der Waals surface area contributed by atoms with Gasteiger partial charge in [-0.05, 0) is 6.92 Å². The van der Waals surface area contributed by atoms with Crippen LogP contribution in [0.25, 0.3) is 11.2 Å². The lowest BCUT2D eigenvalue weighted by atomic mass is 10.3. The zero-order chi connectivity index (χ0) is 13.3. The second-order valence-electron chi connectivity index (χ2n) is 3.63. The van der Waals surface area contributed by atoms with E-state index in [9.17, 15) is 4.79 Å². The second kappa shape index (κ2) is 4.28. The van der Waals surface area contributed by atoms with Gasteiger partial charge in [-0.1, -0.05) is 0 Å². The molecule has 2 aromatic heterocycles. The number of rotatable bonds is 2. The molecule has 9 heteroatoms. The molecule has 0 spiro atoms. The van der Waals surface area contributed by atoms with E-state index in [1.807, 2.05) is 0 Å². The maximum absolute atomic E-state index is 11.7. The number of amides is 1. The van der Waals surface area contributed by atoms with E-state index in [2.05, 4.69) is 19.9 Å². The Balaban J connectivity index is 2.46. The average Bonchev–Trinajstić information content (AvgIpc) is 2.72. The highest BCUT2D eigenvalue weighted by atomic mass is 16.1. The van der Waals surface area contributed by atoms with Crippen molar-refractivity contribution in [3.63, 3.8) is 0 Å². The number of hydrogen-bond acceptors (Lipinski definition) is 5. The number of carbonyl (C=O) groups excluding carboxylic acids is 1. The van der Waals surface area contributed by atoms with Crippen molar-refractivity contribution < 1.29 is 4.79 Å². The molecule has 2 heterocycles. The Morgan fingerprint density at radius 2 is 2.11 bits per heavy atom. The van der Waals surface area contributed by atoms with Crippen molar-refractivity contribution >= 4 is 28.8 Å². The molecule has 1 unspecified atom stereocenters. The summed E-state index contributed by atoms with van der Waals surface area (Å²) >= 11 is 0. The molecular weight excluding hydrogens is 236 g/mol. The van der Waals surface area contributed by atoms with Gasteiger partial charge in [0.1, 0.15) is 17.9 Å². The van der Waals surface area contributed by atoms with Crippen LogP contribution in [0.1, 0.15) is 13.0 Å². The van der Waals surface area contributed by atoms with Crippen LogP contribution in [-0.4, -0.2) is 31.4 Å². The van der Waals surface area contributed by atoms with Gasteiger partial charge in [0.15, 0.2) is 17.4 Å². The molecule has 94 valence electrons. The summed E-state index contributed by atoms with van der Waals surface area (Å²) in [4.78, 5) is 27.1. The van der Waals surface area contributed by atoms with E-state index in [4.69, 9.17) is 17.2 Å². The Kier molecular flexibility index (Phi) is 2.80. The summed E-state index contributed by atoms with van der Waals surface area (Å²) in [5, 5.41) is 0. The maximum Gasteiger partial charge on any atom is 0.271 e. The van der Waals surface area contributed by atoms with Crippen LogP contribution in [0.5, 0.6) is 0 Å². The summed E-state index contributed by atoms with van der Waals surface area (Å²) in [7, 11) is 0. The second-order valence-corrected chi connectivity index (χ2v) is 3.63. The Morgan fingerprint density at radius 1 is 1.39 bits per heavy atom. The summed E-state index contributed by atoms with van der Waals surface area (Å²) in [5.41, 5.74) is 16.8. The van der Waals surface area contributed by atoms with Gasteiger partial charge in [0.25, 0.3) is 5.91 Å².